The van der Waals surface area contributed by atoms with Gasteiger partial charge in [-0.15, -0.1) is 0 Å². The normalized spacial score (nSPS) is 16.2. The molecule has 2 aromatic carbocycles. The van der Waals surface area contributed by atoms with Gasteiger partial charge in [0.1, 0.15) is 34.0 Å². The molecule has 0 radical (unpaired) electrons. The van der Waals surface area contributed by atoms with Crippen molar-refractivity contribution in [2.24, 2.45) is 13.0 Å². The lowest BCUT2D eigenvalue weighted by Crippen LogP contribution is -2.38. The van der Waals surface area contributed by atoms with Crippen molar-refractivity contribution in [1.29, 1.82) is 0 Å². The fourth-order valence-electron chi connectivity index (χ4n) is 6.51. The van der Waals surface area contributed by atoms with E-state index in [4.69, 9.17) is 4.98 Å². The van der Waals surface area contributed by atoms with Gasteiger partial charge in [0.25, 0.3) is 5.92 Å². The molecule has 284 valence electrons. The van der Waals surface area contributed by atoms with Gasteiger partial charge in [-0.3, -0.25) is 14.3 Å². The molecule has 6 rings (SSSR count). The predicted molar refractivity (Wildman–Crippen MR) is 188 cm³/mol. The Bertz CT molecular complexity index is 2340. The van der Waals surface area contributed by atoms with Crippen LogP contribution in [0.5, 0.6) is 0 Å². The van der Waals surface area contributed by atoms with E-state index < -0.39 is 82.5 Å². The molecular formula is C36H33F7N8O2S. The van der Waals surface area contributed by atoms with Crippen molar-refractivity contribution in [3.05, 3.63) is 94.1 Å². The molecule has 0 fully saturated rings. The maximum absolute atomic E-state index is 15.5. The summed E-state index contributed by atoms with van der Waals surface area (Å²) in [5.74, 6) is -1.15. The summed E-state index contributed by atoms with van der Waals surface area (Å²) < 4.78 is 119. The number of fused-ring (bicyclic) bond motifs is 2. The van der Waals surface area contributed by atoms with Gasteiger partial charge in [-0.25, -0.2) is 22.8 Å². The van der Waals surface area contributed by atoms with Gasteiger partial charge in [-0.1, -0.05) is 25.0 Å². The second-order valence-electron chi connectivity index (χ2n) is 13.2. The van der Waals surface area contributed by atoms with Crippen molar-refractivity contribution in [2.45, 2.75) is 37.9 Å². The van der Waals surface area contributed by atoms with Crippen LogP contribution in [0, 0.1) is 29.4 Å². The maximum atomic E-state index is 15.5. The summed E-state index contributed by atoms with van der Waals surface area (Å²) in [4.78, 5) is 20.6. The molecule has 0 saturated carbocycles. The van der Waals surface area contributed by atoms with Crippen molar-refractivity contribution < 1.29 is 39.7 Å². The number of anilines is 1. The van der Waals surface area contributed by atoms with Crippen LogP contribution in [0.1, 0.15) is 46.9 Å². The number of pyridine rings is 1. The number of amides is 1. The van der Waals surface area contributed by atoms with E-state index in [0.717, 1.165) is 19.1 Å². The summed E-state index contributed by atoms with van der Waals surface area (Å²) in [6.45, 7) is 1.41. The Hall–Kier alpha value is -5.28. The molecule has 0 saturated heterocycles. The third kappa shape index (κ3) is 7.55. The number of rotatable bonds is 8. The van der Waals surface area contributed by atoms with Crippen molar-refractivity contribution >= 4 is 33.7 Å². The molecule has 0 bridgehead atoms. The molecule has 54 heavy (non-hydrogen) atoms. The summed E-state index contributed by atoms with van der Waals surface area (Å²) >= 11 is 0. The Balaban J connectivity index is 1.57. The standard InChI is InChI=1S/C36H33F7N8O2S/c1-19-14-27-31(36(41,42)43)46-51(32(27)35(19,39)40)34(52)45-28(17-20-15-21(37)18-22(38)16-20)29-24(12-11-23(44-29)8-7-13-49(2)3)25-9-6-10-26-30(25)50(4)47-33(26)48-54(5)53/h6,9-12,15-16,18-19,28H,13-14,17H2,1-5H3,(H,45,52)(H,47,48)/t19-,28?,54?/m1/s1. The summed E-state index contributed by atoms with van der Waals surface area (Å²) in [5, 5.41) is 10.8. The molecule has 18 heteroatoms. The first-order chi connectivity index (χ1) is 25.3. The fourth-order valence-corrected chi connectivity index (χ4v) is 6.93. The van der Waals surface area contributed by atoms with E-state index in [0.29, 0.717) is 40.5 Å². The van der Waals surface area contributed by atoms with Gasteiger partial charge in [-0.05, 0) is 68.8 Å². The highest BCUT2D eigenvalue weighted by molar-refractivity contribution is 7.85. The number of para-hydroxylation sites is 1. The summed E-state index contributed by atoms with van der Waals surface area (Å²) in [7, 11) is 3.74. The highest BCUT2D eigenvalue weighted by Gasteiger charge is 2.55. The number of aromatic nitrogens is 5. The molecule has 1 aliphatic carbocycles. The predicted octanol–water partition coefficient (Wildman–Crippen LogP) is 6.57. The van der Waals surface area contributed by atoms with Crippen molar-refractivity contribution in [3.63, 3.8) is 0 Å². The fraction of sp³-hybridized carbons (Fsp3) is 0.333. The third-order valence-electron chi connectivity index (χ3n) is 8.81. The van der Waals surface area contributed by atoms with Gasteiger partial charge in [0.05, 0.1) is 23.8 Å². The lowest BCUT2D eigenvalue weighted by atomic mass is 9.94. The van der Waals surface area contributed by atoms with E-state index in [2.05, 4.69) is 32.1 Å². The SMILES string of the molecule is C[C@@H]1Cc2c(C(F)(F)F)nn(C(=O)NC(Cc3cc(F)cc(F)c3)c3nc(C#CCN(C)C)ccc3-c3cccc4c(NS(C)=O)nn(C)c34)c2C1(F)F. The average molecular weight is 775 g/mol. The van der Waals surface area contributed by atoms with Crippen LogP contribution in [0.25, 0.3) is 22.0 Å². The molecule has 1 aliphatic rings. The monoisotopic (exact) mass is 774 g/mol. The smallest absolute Gasteiger partial charge is 0.327 e. The number of hydrogen-bond donors (Lipinski definition) is 2. The number of carbonyl (C=O) groups is 1. The Labute approximate surface area is 307 Å². The summed E-state index contributed by atoms with van der Waals surface area (Å²) in [6, 6.07) is 8.08. The minimum atomic E-state index is -5.15. The highest BCUT2D eigenvalue weighted by atomic mass is 32.2. The first-order valence-corrected chi connectivity index (χ1v) is 17.9. The Morgan fingerprint density at radius 1 is 1.09 bits per heavy atom. The number of aryl methyl sites for hydroxylation is 1. The molecule has 5 aromatic rings. The van der Waals surface area contributed by atoms with Gasteiger partial charge >= 0.3 is 12.2 Å². The summed E-state index contributed by atoms with van der Waals surface area (Å²) in [6.07, 6.45) is -4.80. The van der Waals surface area contributed by atoms with Crippen LogP contribution in [-0.2, 0) is 43.0 Å². The molecule has 3 aromatic heterocycles. The molecule has 3 heterocycles. The summed E-state index contributed by atoms with van der Waals surface area (Å²) in [5.41, 5.74) is -2.06. The molecule has 10 nitrogen and oxygen atoms in total. The zero-order valence-corrected chi connectivity index (χ0v) is 30.3. The minimum absolute atomic E-state index is 0.00549. The molecule has 0 aliphatic heterocycles. The maximum Gasteiger partial charge on any atom is 0.435 e. The number of benzene rings is 2. The van der Waals surface area contributed by atoms with Crippen LogP contribution < -0.4 is 10.0 Å². The van der Waals surface area contributed by atoms with Gasteiger partial charge in [-0.2, -0.15) is 36.8 Å². The van der Waals surface area contributed by atoms with Crippen molar-refractivity contribution in [1.82, 2.24) is 34.8 Å². The molecule has 3 atom stereocenters. The lowest BCUT2D eigenvalue weighted by molar-refractivity contribution is -0.142. The Kier molecular flexibility index (Phi) is 10.3. The zero-order chi connectivity index (χ0) is 39.3. The number of carbonyl (C=O) groups excluding carboxylic acids is 1. The topological polar surface area (TPSA) is 110 Å². The van der Waals surface area contributed by atoms with Crippen LogP contribution >= 0.6 is 0 Å². The lowest BCUT2D eigenvalue weighted by Gasteiger charge is -2.23. The Morgan fingerprint density at radius 3 is 2.44 bits per heavy atom. The number of nitrogens with one attached hydrogen (secondary N) is 2. The molecule has 2 N–H and O–H groups in total. The first kappa shape index (κ1) is 38.4. The molecule has 1 amide bonds. The van der Waals surface area contributed by atoms with Gasteiger partial charge in [0.15, 0.2) is 11.5 Å². The highest BCUT2D eigenvalue weighted by Crippen LogP contribution is 2.49. The second-order valence-corrected chi connectivity index (χ2v) is 14.3. The van der Waals surface area contributed by atoms with E-state index in [-0.39, 0.29) is 21.6 Å². The largest absolute Gasteiger partial charge is 0.435 e. The zero-order valence-electron chi connectivity index (χ0n) is 29.4. The second kappa shape index (κ2) is 14.5. The van der Waals surface area contributed by atoms with Crippen molar-refractivity contribution in [3.8, 4) is 23.0 Å². The molecular weight excluding hydrogens is 742 g/mol. The van der Waals surface area contributed by atoms with E-state index >= 15 is 8.78 Å². The quantitative estimate of drug-likeness (QED) is 0.136. The number of halogens is 7. The molecule has 0 spiro atoms. The Morgan fingerprint density at radius 2 is 1.80 bits per heavy atom. The third-order valence-corrected chi connectivity index (χ3v) is 9.29. The van der Waals surface area contributed by atoms with Crippen LogP contribution in [0.2, 0.25) is 0 Å². The van der Waals surface area contributed by atoms with Gasteiger partial charge < -0.3 is 5.32 Å². The van der Waals surface area contributed by atoms with Crippen LogP contribution in [-0.4, -0.2) is 66.6 Å². The van der Waals surface area contributed by atoms with Gasteiger partial charge in [0.2, 0.25) is 0 Å². The van der Waals surface area contributed by atoms with Crippen LogP contribution in [0.4, 0.5) is 41.3 Å². The van der Waals surface area contributed by atoms with E-state index in [1.165, 1.54) is 10.9 Å². The number of hydrogen-bond acceptors (Lipinski definition) is 6. The van der Waals surface area contributed by atoms with Crippen LogP contribution in [0.15, 0.2) is 48.5 Å². The first-order valence-electron chi connectivity index (χ1n) is 16.4. The van der Waals surface area contributed by atoms with E-state index in [1.807, 2.05) is 0 Å². The number of nitrogens with zero attached hydrogens (tertiary/aromatic N) is 6. The van der Waals surface area contributed by atoms with Gasteiger partial charge in [0, 0.05) is 47.4 Å². The van der Waals surface area contributed by atoms with Crippen LogP contribution in [0.3, 0.4) is 0 Å². The average Bonchev–Trinajstić information content (AvgIpc) is 3.68. The van der Waals surface area contributed by atoms with E-state index in [9.17, 15) is 31.0 Å². The minimum Gasteiger partial charge on any atom is -0.327 e. The molecule has 2 unspecified atom stereocenters. The van der Waals surface area contributed by atoms with Crippen molar-refractivity contribution in [2.75, 3.05) is 31.6 Å². The van der Waals surface area contributed by atoms with E-state index in [1.54, 1.807) is 56.4 Å². The number of alkyl halides is 5.